The summed E-state index contributed by atoms with van der Waals surface area (Å²) in [7, 11) is 0. The van der Waals surface area contributed by atoms with Crippen molar-refractivity contribution in [2.45, 2.75) is 6.04 Å². The molecule has 1 saturated carbocycles. The molecule has 4 rings (SSSR count). The van der Waals surface area contributed by atoms with E-state index < -0.39 is 0 Å². The van der Waals surface area contributed by atoms with Crippen molar-refractivity contribution in [2.24, 2.45) is 11.3 Å². The number of hydrogen-bond donors (Lipinski definition) is 1. The molecular formula is C15H12NO+. The van der Waals surface area contributed by atoms with Gasteiger partial charge in [-0.25, -0.2) is 0 Å². The first-order chi connectivity index (χ1) is 8.33. The molecule has 3 unspecified atom stereocenters. The number of rotatable bonds is 0. The molecule has 1 fully saturated rings. The van der Waals surface area contributed by atoms with Crippen LogP contribution >= 0.6 is 0 Å². The second-order valence-electron chi connectivity index (χ2n) is 4.92. The average molecular weight is 222 g/mol. The van der Waals surface area contributed by atoms with Gasteiger partial charge in [-0.2, -0.15) is 0 Å². The first kappa shape index (κ1) is 9.11. The number of carbonyl (C=O) groups excluding carboxylic acids is 1. The van der Waals surface area contributed by atoms with Crippen LogP contribution in [0.2, 0.25) is 0 Å². The SMILES string of the molecule is O=C1c2ccccc2NC2C1C21C=CC=C[CH+]1. The summed E-state index contributed by atoms with van der Waals surface area (Å²) in [6.07, 6.45) is 10.4. The fourth-order valence-electron chi connectivity index (χ4n) is 3.15. The van der Waals surface area contributed by atoms with Crippen LogP contribution in [0.5, 0.6) is 0 Å². The van der Waals surface area contributed by atoms with Gasteiger partial charge in [0.15, 0.2) is 5.78 Å². The zero-order chi connectivity index (χ0) is 11.5. The largest absolute Gasteiger partial charge is 0.378 e. The first-order valence-corrected chi connectivity index (χ1v) is 5.93. The van der Waals surface area contributed by atoms with E-state index in [1.807, 2.05) is 42.5 Å². The van der Waals surface area contributed by atoms with Crippen LogP contribution in [-0.2, 0) is 0 Å². The molecule has 1 N–H and O–H groups in total. The Bertz CT molecular complexity index is 572. The van der Waals surface area contributed by atoms with Crippen molar-refractivity contribution < 1.29 is 4.79 Å². The molecule has 1 aromatic rings. The maximum Gasteiger partial charge on any atom is 0.173 e. The van der Waals surface area contributed by atoms with E-state index in [4.69, 9.17) is 0 Å². The van der Waals surface area contributed by atoms with E-state index in [0.29, 0.717) is 0 Å². The highest BCUT2D eigenvalue weighted by molar-refractivity contribution is 6.08. The molecule has 2 aliphatic carbocycles. The molecule has 3 atom stereocenters. The zero-order valence-electron chi connectivity index (χ0n) is 9.26. The summed E-state index contributed by atoms with van der Waals surface area (Å²) in [5, 5.41) is 3.49. The number of fused-ring (bicyclic) bond motifs is 4. The van der Waals surface area contributed by atoms with Crippen LogP contribution in [-0.4, -0.2) is 11.8 Å². The summed E-state index contributed by atoms with van der Waals surface area (Å²) in [5.41, 5.74) is 1.74. The van der Waals surface area contributed by atoms with Crippen LogP contribution in [0.15, 0.2) is 48.6 Å². The van der Waals surface area contributed by atoms with Crippen LogP contribution in [0.25, 0.3) is 0 Å². The van der Waals surface area contributed by atoms with E-state index in [1.54, 1.807) is 0 Å². The van der Waals surface area contributed by atoms with Crippen LogP contribution in [0, 0.1) is 17.8 Å². The molecule has 82 valence electrons. The fourth-order valence-corrected chi connectivity index (χ4v) is 3.15. The Morgan fingerprint density at radius 1 is 1.24 bits per heavy atom. The molecule has 1 aliphatic heterocycles. The molecule has 2 heteroatoms. The van der Waals surface area contributed by atoms with Crippen molar-refractivity contribution in [3.05, 3.63) is 60.6 Å². The van der Waals surface area contributed by atoms with Gasteiger partial charge in [0.1, 0.15) is 5.41 Å². The van der Waals surface area contributed by atoms with Gasteiger partial charge in [-0.15, -0.1) is 0 Å². The molecule has 1 spiro atoms. The van der Waals surface area contributed by atoms with Crippen molar-refractivity contribution in [3.8, 4) is 0 Å². The van der Waals surface area contributed by atoms with E-state index in [-0.39, 0.29) is 23.2 Å². The minimum Gasteiger partial charge on any atom is -0.378 e. The van der Waals surface area contributed by atoms with E-state index in [0.717, 1.165) is 11.3 Å². The lowest BCUT2D eigenvalue weighted by Crippen LogP contribution is -2.19. The summed E-state index contributed by atoms with van der Waals surface area (Å²) in [6.45, 7) is 0. The van der Waals surface area contributed by atoms with E-state index in [1.165, 1.54) is 0 Å². The van der Waals surface area contributed by atoms with Crippen molar-refractivity contribution >= 4 is 11.5 Å². The van der Waals surface area contributed by atoms with Gasteiger partial charge in [0.05, 0.1) is 30.5 Å². The Morgan fingerprint density at radius 2 is 2.12 bits per heavy atom. The highest BCUT2D eigenvalue weighted by Gasteiger charge is 2.72. The number of para-hydroxylation sites is 1. The van der Waals surface area contributed by atoms with Crippen LogP contribution in [0.3, 0.4) is 0 Å². The number of hydrogen-bond acceptors (Lipinski definition) is 2. The summed E-state index contributed by atoms with van der Waals surface area (Å²) < 4.78 is 0. The minimum absolute atomic E-state index is 0.0785. The van der Waals surface area contributed by atoms with Crippen LogP contribution < -0.4 is 5.32 Å². The van der Waals surface area contributed by atoms with Gasteiger partial charge in [-0.3, -0.25) is 4.79 Å². The molecule has 17 heavy (non-hydrogen) atoms. The Hall–Kier alpha value is -1.96. The third-order valence-electron chi connectivity index (χ3n) is 4.08. The zero-order valence-corrected chi connectivity index (χ0v) is 9.26. The highest BCUT2D eigenvalue weighted by Crippen LogP contribution is 2.61. The van der Waals surface area contributed by atoms with Gasteiger partial charge in [0.2, 0.25) is 0 Å². The number of nitrogens with one attached hydrogen (secondary N) is 1. The van der Waals surface area contributed by atoms with Crippen LogP contribution in [0.4, 0.5) is 5.69 Å². The lowest BCUT2D eigenvalue weighted by molar-refractivity contribution is 0.0955. The number of Topliss-reactive ketones (excluding diaryl/α,β-unsaturated/α-hetero) is 1. The van der Waals surface area contributed by atoms with Gasteiger partial charge in [0, 0.05) is 17.3 Å². The summed E-state index contributed by atoms with van der Waals surface area (Å²) >= 11 is 0. The Labute approximate surface area is 100 Å². The van der Waals surface area contributed by atoms with E-state index >= 15 is 0 Å². The number of allylic oxidation sites excluding steroid dienone is 3. The second-order valence-corrected chi connectivity index (χ2v) is 4.92. The number of benzene rings is 1. The van der Waals surface area contributed by atoms with Crippen molar-refractivity contribution in [1.82, 2.24) is 0 Å². The normalized spacial score (nSPS) is 35.9. The van der Waals surface area contributed by atoms with Crippen molar-refractivity contribution in [1.29, 1.82) is 0 Å². The molecule has 0 saturated heterocycles. The predicted molar refractivity (Wildman–Crippen MR) is 66.7 cm³/mol. The average Bonchev–Trinajstić information content (AvgIpc) is 2.98. The summed E-state index contributed by atoms with van der Waals surface area (Å²) in [4.78, 5) is 12.4. The molecule has 3 aliphatic rings. The lowest BCUT2D eigenvalue weighted by atomic mass is 9.92. The van der Waals surface area contributed by atoms with Gasteiger partial charge in [-0.1, -0.05) is 12.1 Å². The Kier molecular flexibility index (Phi) is 1.52. The number of ketones is 1. The van der Waals surface area contributed by atoms with Gasteiger partial charge in [0.25, 0.3) is 0 Å². The molecule has 1 aromatic carbocycles. The number of anilines is 1. The molecular weight excluding hydrogens is 210 g/mol. The maximum atomic E-state index is 12.4. The van der Waals surface area contributed by atoms with Crippen molar-refractivity contribution in [3.63, 3.8) is 0 Å². The monoisotopic (exact) mass is 222 g/mol. The lowest BCUT2D eigenvalue weighted by Gasteiger charge is -2.14. The fraction of sp³-hybridized carbons (Fsp3) is 0.200. The van der Waals surface area contributed by atoms with E-state index in [9.17, 15) is 4.79 Å². The molecule has 0 amide bonds. The van der Waals surface area contributed by atoms with Crippen LogP contribution in [0.1, 0.15) is 10.4 Å². The van der Waals surface area contributed by atoms with E-state index in [2.05, 4.69) is 17.8 Å². The molecule has 2 nitrogen and oxygen atoms in total. The smallest absolute Gasteiger partial charge is 0.173 e. The number of carbonyl (C=O) groups is 1. The second kappa shape index (κ2) is 2.83. The minimum atomic E-state index is -0.0785. The standard InChI is InChI=1S/C15H11NO/c17-13-10-6-2-3-7-11(10)16-14-12(13)15(14)8-4-1-5-9-15/h1-9,12,14H/p+1. The maximum absolute atomic E-state index is 12.4. The third kappa shape index (κ3) is 1.00. The van der Waals surface area contributed by atoms with Gasteiger partial charge >= 0.3 is 0 Å². The van der Waals surface area contributed by atoms with Gasteiger partial charge < -0.3 is 5.32 Å². The molecule has 1 heterocycles. The molecule has 0 bridgehead atoms. The third-order valence-corrected chi connectivity index (χ3v) is 4.08. The Morgan fingerprint density at radius 3 is 2.94 bits per heavy atom. The molecule has 0 radical (unpaired) electrons. The molecule has 0 aromatic heterocycles. The van der Waals surface area contributed by atoms with Crippen molar-refractivity contribution in [2.75, 3.05) is 5.32 Å². The topological polar surface area (TPSA) is 29.1 Å². The highest BCUT2D eigenvalue weighted by atomic mass is 16.1. The first-order valence-electron chi connectivity index (χ1n) is 5.93. The summed E-state index contributed by atoms with van der Waals surface area (Å²) in [5.74, 6) is 0.360. The quantitative estimate of drug-likeness (QED) is 0.684. The summed E-state index contributed by atoms with van der Waals surface area (Å²) in [6, 6.07) is 8.03. The predicted octanol–water partition coefficient (Wildman–Crippen LogP) is 2.61. The Balaban J connectivity index is 1.78. The van der Waals surface area contributed by atoms with Gasteiger partial charge in [-0.05, 0) is 18.2 Å².